The van der Waals surface area contributed by atoms with Crippen LogP contribution in [0.2, 0.25) is 0 Å². The van der Waals surface area contributed by atoms with E-state index in [0.29, 0.717) is 16.9 Å². The summed E-state index contributed by atoms with van der Waals surface area (Å²) in [7, 11) is 1.85. The molecule has 0 spiro atoms. The van der Waals surface area contributed by atoms with Gasteiger partial charge in [0.15, 0.2) is 0 Å². The Balaban J connectivity index is 1.82. The molecule has 1 aromatic heterocycles. The van der Waals surface area contributed by atoms with Gasteiger partial charge in [0.25, 0.3) is 5.56 Å². The maximum atomic E-state index is 12.6. The summed E-state index contributed by atoms with van der Waals surface area (Å²) in [6, 6.07) is 5.86. The predicted octanol–water partition coefficient (Wildman–Crippen LogP) is 2.50. The van der Waals surface area contributed by atoms with Crippen LogP contribution in [-0.2, 0) is 11.3 Å². The van der Waals surface area contributed by atoms with Gasteiger partial charge in [-0.25, -0.2) is 4.98 Å². The Hall–Kier alpha value is -2.17. The van der Waals surface area contributed by atoms with Crippen LogP contribution < -0.4 is 5.56 Å². The van der Waals surface area contributed by atoms with Crippen molar-refractivity contribution >= 4 is 16.8 Å². The van der Waals surface area contributed by atoms with Gasteiger partial charge in [-0.05, 0) is 31.4 Å². The fourth-order valence-corrected chi connectivity index (χ4v) is 3.38. The largest absolute Gasteiger partial charge is 0.341 e. The van der Waals surface area contributed by atoms with E-state index in [4.69, 9.17) is 0 Å². The molecule has 23 heavy (non-hydrogen) atoms. The van der Waals surface area contributed by atoms with Crippen molar-refractivity contribution in [3.8, 4) is 0 Å². The summed E-state index contributed by atoms with van der Waals surface area (Å²) in [4.78, 5) is 31.2. The Kier molecular flexibility index (Phi) is 4.46. The van der Waals surface area contributed by atoms with Crippen LogP contribution >= 0.6 is 0 Å². The molecule has 0 saturated heterocycles. The van der Waals surface area contributed by atoms with E-state index in [-0.39, 0.29) is 18.0 Å². The average Bonchev–Trinajstić information content (AvgIpc) is 2.58. The summed E-state index contributed by atoms with van der Waals surface area (Å²) in [5, 5.41) is 0.570. The number of nitrogens with zero attached hydrogens (tertiary/aromatic N) is 3. The fraction of sp³-hybridized carbons (Fsp3) is 0.500. The van der Waals surface area contributed by atoms with Crippen molar-refractivity contribution in [2.24, 2.45) is 0 Å². The van der Waals surface area contributed by atoms with E-state index in [0.717, 1.165) is 18.4 Å². The van der Waals surface area contributed by atoms with Crippen molar-refractivity contribution in [1.82, 2.24) is 14.5 Å². The number of aromatic nitrogens is 2. The van der Waals surface area contributed by atoms with Gasteiger partial charge in [0.05, 0.1) is 17.2 Å². The van der Waals surface area contributed by atoms with E-state index in [9.17, 15) is 9.59 Å². The number of rotatable bonds is 3. The fourth-order valence-electron chi connectivity index (χ4n) is 3.38. The van der Waals surface area contributed by atoms with Crippen LogP contribution in [0.1, 0.15) is 37.7 Å². The molecule has 1 amide bonds. The van der Waals surface area contributed by atoms with Crippen molar-refractivity contribution in [1.29, 1.82) is 0 Å². The molecule has 1 aliphatic rings. The molecule has 0 unspecified atom stereocenters. The molecule has 5 nitrogen and oxygen atoms in total. The van der Waals surface area contributed by atoms with Crippen LogP contribution in [0.3, 0.4) is 0 Å². The lowest BCUT2D eigenvalue weighted by molar-refractivity contribution is -0.133. The minimum Gasteiger partial charge on any atom is -0.341 e. The monoisotopic (exact) mass is 313 g/mol. The van der Waals surface area contributed by atoms with Crippen molar-refractivity contribution in [3.05, 3.63) is 40.4 Å². The van der Waals surface area contributed by atoms with Gasteiger partial charge >= 0.3 is 0 Å². The van der Waals surface area contributed by atoms with E-state index in [1.165, 1.54) is 30.2 Å². The first-order chi connectivity index (χ1) is 11.1. The Labute approximate surface area is 135 Å². The molecule has 0 atom stereocenters. The molecule has 1 fully saturated rings. The highest BCUT2D eigenvalue weighted by molar-refractivity contribution is 5.81. The number of carbonyl (C=O) groups is 1. The maximum Gasteiger partial charge on any atom is 0.261 e. The van der Waals surface area contributed by atoms with Gasteiger partial charge in [-0.15, -0.1) is 0 Å². The van der Waals surface area contributed by atoms with Gasteiger partial charge in [0.2, 0.25) is 5.91 Å². The molecule has 2 aromatic rings. The standard InChI is InChI=1S/C18H23N3O2/c1-13-7-6-10-15-17(13)19-12-21(18(15)23)11-16(22)20(2)14-8-4-3-5-9-14/h6-7,10,12,14H,3-5,8-9,11H2,1-2H3. The quantitative estimate of drug-likeness (QED) is 0.875. The van der Waals surface area contributed by atoms with Crippen LogP contribution in [0.4, 0.5) is 0 Å². The van der Waals surface area contributed by atoms with Crippen LogP contribution in [0, 0.1) is 6.92 Å². The third-order valence-corrected chi connectivity index (χ3v) is 4.88. The van der Waals surface area contributed by atoms with E-state index >= 15 is 0 Å². The summed E-state index contributed by atoms with van der Waals surface area (Å²) < 4.78 is 1.42. The zero-order valence-electron chi connectivity index (χ0n) is 13.8. The predicted molar refractivity (Wildman–Crippen MR) is 90.4 cm³/mol. The first-order valence-electron chi connectivity index (χ1n) is 8.28. The highest BCUT2D eigenvalue weighted by Gasteiger charge is 2.22. The first-order valence-corrected chi connectivity index (χ1v) is 8.28. The molecule has 1 aliphatic carbocycles. The number of hydrogen-bond donors (Lipinski definition) is 0. The number of aryl methyl sites for hydroxylation is 1. The van der Waals surface area contributed by atoms with E-state index in [1.54, 1.807) is 6.07 Å². The Bertz CT molecular complexity index is 775. The second kappa shape index (κ2) is 6.52. The number of fused-ring (bicyclic) bond motifs is 1. The number of hydrogen-bond acceptors (Lipinski definition) is 3. The molecule has 0 radical (unpaired) electrons. The highest BCUT2D eigenvalue weighted by atomic mass is 16.2. The number of amides is 1. The van der Waals surface area contributed by atoms with E-state index in [2.05, 4.69) is 4.98 Å². The van der Waals surface area contributed by atoms with Gasteiger partial charge in [-0.3, -0.25) is 14.2 Å². The Morgan fingerprint density at radius 2 is 2.04 bits per heavy atom. The lowest BCUT2D eigenvalue weighted by atomic mass is 9.94. The van der Waals surface area contributed by atoms with Crippen molar-refractivity contribution in [2.45, 2.75) is 51.6 Å². The normalized spacial score (nSPS) is 15.7. The Morgan fingerprint density at radius 3 is 2.78 bits per heavy atom. The average molecular weight is 313 g/mol. The smallest absolute Gasteiger partial charge is 0.261 e. The summed E-state index contributed by atoms with van der Waals surface area (Å²) in [5.74, 6) is -0.0206. The SMILES string of the molecule is Cc1cccc2c(=O)n(CC(=O)N(C)C3CCCCC3)cnc12. The molecule has 1 heterocycles. The van der Waals surface area contributed by atoms with E-state index < -0.39 is 0 Å². The minimum absolute atomic E-state index is 0.0206. The first kappa shape index (κ1) is 15.7. The van der Waals surface area contributed by atoms with Gasteiger partial charge in [-0.2, -0.15) is 0 Å². The molecule has 1 aromatic carbocycles. The zero-order valence-corrected chi connectivity index (χ0v) is 13.8. The molecule has 0 N–H and O–H groups in total. The molecular formula is C18H23N3O2. The lowest BCUT2D eigenvalue weighted by Gasteiger charge is -2.31. The highest BCUT2D eigenvalue weighted by Crippen LogP contribution is 2.21. The zero-order chi connectivity index (χ0) is 16.4. The van der Waals surface area contributed by atoms with E-state index in [1.807, 2.05) is 31.0 Å². The number of para-hydroxylation sites is 1. The molecule has 5 heteroatoms. The molecule has 3 rings (SSSR count). The maximum absolute atomic E-state index is 12.6. The van der Waals surface area contributed by atoms with Crippen LogP contribution in [0.15, 0.2) is 29.3 Å². The third-order valence-electron chi connectivity index (χ3n) is 4.88. The minimum atomic E-state index is -0.149. The van der Waals surface area contributed by atoms with Crippen molar-refractivity contribution < 1.29 is 4.79 Å². The second-order valence-electron chi connectivity index (χ2n) is 6.45. The number of likely N-dealkylation sites (N-methyl/N-ethyl adjacent to an activating group) is 1. The molecule has 122 valence electrons. The topological polar surface area (TPSA) is 55.2 Å². The van der Waals surface area contributed by atoms with Crippen LogP contribution in [0.5, 0.6) is 0 Å². The second-order valence-corrected chi connectivity index (χ2v) is 6.45. The summed E-state index contributed by atoms with van der Waals surface area (Å²) >= 11 is 0. The summed E-state index contributed by atoms with van der Waals surface area (Å²) in [6.07, 6.45) is 7.23. The Morgan fingerprint density at radius 1 is 1.30 bits per heavy atom. The molecular weight excluding hydrogens is 290 g/mol. The molecule has 0 bridgehead atoms. The lowest BCUT2D eigenvalue weighted by Crippen LogP contribution is -2.41. The van der Waals surface area contributed by atoms with Gasteiger partial charge in [0, 0.05) is 13.1 Å². The summed E-state index contributed by atoms with van der Waals surface area (Å²) in [6.45, 7) is 1.99. The summed E-state index contributed by atoms with van der Waals surface area (Å²) in [5.41, 5.74) is 1.53. The number of benzene rings is 1. The van der Waals surface area contributed by atoms with Crippen molar-refractivity contribution in [3.63, 3.8) is 0 Å². The van der Waals surface area contributed by atoms with Gasteiger partial charge in [0.1, 0.15) is 6.54 Å². The molecule has 0 aliphatic heterocycles. The van der Waals surface area contributed by atoms with Crippen LogP contribution in [-0.4, -0.2) is 33.4 Å². The van der Waals surface area contributed by atoms with Crippen LogP contribution in [0.25, 0.3) is 10.9 Å². The van der Waals surface area contributed by atoms with Gasteiger partial charge < -0.3 is 4.90 Å². The van der Waals surface area contributed by atoms with Crippen molar-refractivity contribution in [2.75, 3.05) is 7.05 Å². The van der Waals surface area contributed by atoms with Gasteiger partial charge in [-0.1, -0.05) is 31.4 Å². The number of carbonyl (C=O) groups excluding carboxylic acids is 1. The third kappa shape index (κ3) is 3.14. The molecule has 1 saturated carbocycles.